The van der Waals surface area contributed by atoms with Crippen LogP contribution in [0.4, 0.5) is 0 Å². The number of halogens is 2. The fourth-order valence-corrected chi connectivity index (χ4v) is 3.44. The Bertz CT molecular complexity index is 507. The largest absolute Gasteiger partial charge is 0.342 e. The molecule has 0 aromatic heterocycles. The summed E-state index contributed by atoms with van der Waals surface area (Å²) in [5.41, 5.74) is 7.05. The summed E-state index contributed by atoms with van der Waals surface area (Å²) in [4.78, 5) is 14.3. The molecule has 0 aliphatic carbocycles. The predicted molar refractivity (Wildman–Crippen MR) is 90.4 cm³/mol. The lowest BCUT2D eigenvalue weighted by Crippen LogP contribution is -2.45. The zero-order chi connectivity index (χ0) is 15.4. The van der Waals surface area contributed by atoms with E-state index < -0.39 is 0 Å². The molecule has 2 rings (SSSR count). The van der Waals surface area contributed by atoms with E-state index in [1.165, 1.54) is 0 Å². The molecule has 1 heterocycles. The molecule has 1 fully saturated rings. The Hall–Kier alpha value is -0.580. The lowest BCUT2D eigenvalue weighted by molar-refractivity contribution is -0.133. The third-order valence-corrected chi connectivity index (χ3v) is 5.18. The van der Waals surface area contributed by atoms with E-state index in [4.69, 9.17) is 17.3 Å². The van der Waals surface area contributed by atoms with Gasteiger partial charge in [0.15, 0.2) is 0 Å². The van der Waals surface area contributed by atoms with Gasteiger partial charge in [0, 0.05) is 35.0 Å². The summed E-state index contributed by atoms with van der Waals surface area (Å²) in [6, 6.07) is 5.84. The van der Waals surface area contributed by atoms with Crippen molar-refractivity contribution >= 4 is 33.4 Å². The summed E-state index contributed by atoms with van der Waals surface area (Å²) in [5.74, 6) is 0.646. The molecule has 1 aromatic carbocycles. The number of nitrogens with zero attached hydrogens (tertiary/aromatic N) is 1. The number of rotatable bonds is 4. The Morgan fingerprint density at radius 2 is 2.33 bits per heavy atom. The van der Waals surface area contributed by atoms with E-state index >= 15 is 0 Å². The lowest BCUT2D eigenvalue weighted by atomic mass is 9.92. The molecule has 1 aliphatic heterocycles. The highest BCUT2D eigenvalue weighted by molar-refractivity contribution is 9.10. The quantitative estimate of drug-likeness (QED) is 0.876. The third-order valence-electron chi connectivity index (χ3n) is 4.17. The molecule has 1 amide bonds. The molecule has 0 spiro atoms. The normalized spacial score (nSPS) is 20.4. The topological polar surface area (TPSA) is 46.3 Å². The number of benzene rings is 1. The second kappa shape index (κ2) is 7.61. The average Bonchev–Trinajstić information content (AvgIpc) is 2.48. The van der Waals surface area contributed by atoms with Gasteiger partial charge in [0.05, 0.1) is 0 Å². The fourth-order valence-electron chi connectivity index (χ4n) is 2.80. The minimum absolute atomic E-state index is 0.155. The Morgan fingerprint density at radius 1 is 1.57 bits per heavy atom. The first kappa shape index (κ1) is 16.8. The molecule has 1 saturated heterocycles. The highest BCUT2D eigenvalue weighted by Gasteiger charge is 2.25. The molecule has 2 N–H and O–H groups in total. The Kier molecular flexibility index (Phi) is 6.08. The van der Waals surface area contributed by atoms with Crippen molar-refractivity contribution in [2.24, 2.45) is 11.7 Å². The number of carbonyl (C=O) groups is 1. The molecule has 0 unspecified atom stereocenters. The van der Waals surface area contributed by atoms with Crippen LogP contribution in [0.15, 0.2) is 22.7 Å². The predicted octanol–water partition coefficient (Wildman–Crippen LogP) is 3.62. The molecular formula is C16H22BrClN2O. The molecule has 3 nitrogen and oxygen atoms in total. The first-order valence-electron chi connectivity index (χ1n) is 7.44. The van der Waals surface area contributed by atoms with Gasteiger partial charge in [0.25, 0.3) is 0 Å². The number of hydrogen-bond donors (Lipinski definition) is 1. The summed E-state index contributed by atoms with van der Waals surface area (Å²) in [7, 11) is 0. The summed E-state index contributed by atoms with van der Waals surface area (Å²) in [6.07, 6.45) is 3.41. The fraction of sp³-hybridized carbons (Fsp3) is 0.562. The van der Waals surface area contributed by atoms with Gasteiger partial charge in [0.1, 0.15) is 0 Å². The smallest absolute Gasteiger partial charge is 0.222 e. The second-order valence-corrected chi connectivity index (χ2v) is 7.13. The first-order chi connectivity index (χ1) is 9.97. The van der Waals surface area contributed by atoms with E-state index in [0.29, 0.717) is 23.8 Å². The molecule has 116 valence electrons. The van der Waals surface area contributed by atoms with E-state index in [2.05, 4.69) is 15.9 Å². The van der Waals surface area contributed by atoms with E-state index in [1.807, 2.05) is 30.0 Å². The van der Waals surface area contributed by atoms with Gasteiger partial charge in [-0.3, -0.25) is 4.79 Å². The van der Waals surface area contributed by atoms with Gasteiger partial charge in [0.2, 0.25) is 5.91 Å². The maximum absolute atomic E-state index is 12.4. The Morgan fingerprint density at radius 3 is 3.05 bits per heavy atom. The number of amides is 1. The summed E-state index contributed by atoms with van der Waals surface area (Å²) < 4.78 is 1.01. The van der Waals surface area contributed by atoms with Gasteiger partial charge in [-0.05, 0) is 55.9 Å². The molecule has 21 heavy (non-hydrogen) atoms. The highest BCUT2D eigenvalue weighted by atomic mass is 79.9. The highest BCUT2D eigenvalue weighted by Crippen LogP contribution is 2.24. The van der Waals surface area contributed by atoms with Crippen LogP contribution in [0.3, 0.4) is 0 Å². The lowest BCUT2D eigenvalue weighted by Gasteiger charge is -2.34. The van der Waals surface area contributed by atoms with Crippen LogP contribution >= 0.6 is 27.5 Å². The van der Waals surface area contributed by atoms with Crippen LogP contribution in [0.2, 0.25) is 5.02 Å². The monoisotopic (exact) mass is 372 g/mol. The van der Waals surface area contributed by atoms with E-state index in [1.54, 1.807) is 0 Å². The number of nitrogens with two attached hydrogens (primary N) is 1. The molecule has 1 aromatic rings. The number of aryl methyl sites for hydroxylation is 1. The van der Waals surface area contributed by atoms with Crippen LogP contribution in [0.1, 0.15) is 31.7 Å². The summed E-state index contributed by atoms with van der Waals surface area (Å²) >= 11 is 9.51. The van der Waals surface area contributed by atoms with Crippen molar-refractivity contribution in [2.75, 3.05) is 13.1 Å². The Labute approximate surface area is 140 Å². The van der Waals surface area contributed by atoms with Crippen LogP contribution in [0.5, 0.6) is 0 Å². The zero-order valence-corrected chi connectivity index (χ0v) is 14.7. The van der Waals surface area contributed by atoms with Crippen molar-refractivity contribution in [2.45, 2.75) is 38.6 Å². The Balaban J connectivity index is 1.91. The van der Waals surface area contributed by atoms with Crippen LogP contribution in [-0.2, 0) is 11.2 Å². The molecule has 0 bridgehead atoms. The van der Waals surface area contributed by atoms with Crippen LogP contribution in [-0.4, -0.2) is 29.9 Å². The van der Waals surface area contributed by atoms with E-state index in [-0.39, 0.29) is 11.9 Å². The molecule has 2 atom stereocenters. The van der Waals surface area contributed by atoms with Crippen LogP contribution in [0, 0.1) is 5.92 Å². The standard InChI is InChI=1S/C16H22BrClN2O/c1-11(19)13-3-2-8-20(10-13)16(21)7-4-12-9-14(18)5-6-15(12)17/h5-6,9,11,13H,2-4,7-8,10,19H2,1H3/t11-,13-/m1/s1. The number of likely N-dealkylation sites (tertiary alicyclic amines) is 1. The maximum Gasteiger partial charge on any atom is 0.222 e. The van der Waals surface area contributed by atoms with Crippen molar-refractivity contribution in [3.63, 3.8) is 0 Å². The summed E-state index contributed by atoms with van der Waals surface area (Å²) in [5, 5.41) is 0.704. The van der Waals surface area contributed by atoms with Gasteiger partial charge in [-0.2, -0.15) is 0 Å². The van der Waals surface area contributed by atoms with Gasteiger partial charge < -0.3 is 10.6 Å². The first-order valence-corrected chi connectivity index (χ1v) is 8.61. The number of hydrogen-bond acceptors (Lipinski definition) is 2. The molecule has 0 radical (unpaired) electrons. The van der Waals surface area contributed by atoms with Crippen molar-refractivity contribution in [1.82, 2.24) is 4.90 Å². The molecular weight excluding hydrogens is 352 g/mol. The van der Waals surface area contributed by atoms with Crippen molar-refractivity contribution in [3.8, 4) is 0 Å². The zero-order valence-electron chi connectivity index (χ0n) is 12.3. The second-order valence-electron chi connectivity index (χ2n) is 5.84. The van der Waals surface area contributed by atoms with Crippen molar-refractivity contribution in [1.29, 1.82) is 0 Å². The summed E-state index contributed by atoms with van der Waals surface area (Å²) in [6.45, 7) is 3.69. The van der Waals surface area contributed by atoms with Crippen LogP contribution in [0.25, 0.3) is 0 Å². The van der Waals surface area contributed by atoms with E-state index in [0.717, 1.165) is 36.0 Å². The average molecular weight is 374 g/mol. The number of piperidine rings is 1. The van der Waals surface area contributed by atoms with E-state index in [9.17, 15) is 4.79 Å². The van der Waals surface area contributed by atoms with Crippen molar-refractivity contribution in [3.05, 3.63) is 33.3 Å². The van der Waals surface area contributed by atoms with Crippen molar-refractivity contribution < 1.29 is 4.79 Å². The number of carbonyl (C=O) groups excluding carboxylic acids is 1. The third kappa shape index (κ3) is 4.70. The molecule has 5 heteroatoms. The maximum atomic E-state index is 12.4. The molecule has 1 aliphatic rings. The SMILES string of the molecule is C[C@@H](N)[C@@H]1CCCN(C(=O)CCc2cc(Cl)ccc2Br)C1. The minimum atomic E-state index is 0.155. The van der Waals surface area contributed by atoms with Gasteiger partial charge in [-0.15, -0.1) is 0 Å². The van der Waals surface area contributed by atoms with Gasteiger partial charge in [-0.1, -0.05) is 27.5 Å². The van der Waals surface area contributed by atoms with Gasteiger partial charge in [-0.25, -0.2) is 0 Å². The minimum Gasteiger partial charge on any atom is -0.342 e. The molecule has 0 saturated carbocycles. The van der Waals surface area contributed by atoms with Crippen LogP contribution < -0.4 is 5.73 Å². The van der Waals surface area contributed by atoms with Gasteiger partial charge >= 0.3 is 0 Å².